The number of hydrogen-bond acceptors (Lipinski definition) is 9. The molecular weight excluding hydrogens is 514 g/mol. The molecule has 0 saturated carbocycles. The first kappa shape index (κ1) is 25.6. The molecule has 5 rings (SSSR count). The third-order valence-corrected chi connectivity index (χ3v) is 7.29. The summed E-state index contributed by atoms with van der Waals surface area (Å²) in [6, 6.07) is 22.3. The van der Waals surface area contributed by atoms with E-state index in [0.29, 0.717) is 33.5 Å². The number of anilines is 2. The zero-order valence-corrected chi connectivity index (χ0v) is 21.8. The van der Waals surface area contributed by atoms with E-state index in [1.54, 1.807) is 55.5 Å². The lowest BCUT2D eigenvalue weighted by Crippen LogP contribution is -2.28. The third-order valence-electron chi connectivity index (χ3n) is 6.18. The minimum absolute atomic E-state index is 0.00316. The third kappa shape index (κ3) is 4.93. The van der Waals surface area contributed by atoms with Gasteiger partial charge in [-0.1, -0.05) is 42.5 Å². The second-order valence-corrected chi connectivity index (χ2v) is 10.9. The lowest BCUT2D eigenvalue weighted by Gasteiger charge is -2.21. The molecule has 0 aliphatic heterocycles. The van der Waals surface area contributed by atoms with Crippen LogP contribution in [0.4, 0.5) is 11.8 Å². The Kier molecular flexibility index (Phi) is 6.55. The maximum absolute atomic E-state index is 14.2. The van der Waals surface area contributed by atoms with Crippen molar-refractivity contribution in [1.82, 2.24) is 19.5 Å². The van der Waals surface area contributed by atoms with Crippen LogP contribution in [0.2, 0.25) is 0 Å². The van der Waals surface area contributed by atoms with Crippen molar-refractivity contribution in [3.63, 3.8) is 0 Å². The minimum Gasteiger partial charge on any atom is -0.368 e. The van der Waals surface area contributed by atoms with Gasteiger partial charge >= 0.3 is 0 Å². The molecule has 5 aromatic rings. The first-order valence-corrected chi connectivity index (χ1v) is 13.8. The average molecular weight is 538 g/mol. The molecule has 194 valence electrons. The number of fused-ring (bicyclic) bond motifs is 1. The second-order valence-electron chi connectivity index (χ2n) is 8.91. The fourth-order valence-electron chi connectivity index (χ4n) is 4.36. The summed E-state index contributed by atoms with van der Waals surface area (Å²) < 4.78 is 25.9. The number of sulfone groups is 1. The van der Waals surface area contributed by atoms with E-state index in [9.17, 15) is 18.5 Å². The molecule has 10 nitrogen and oxygen atoms in total. The van der Waals surface area contributed by atoms with Crippen LogP contribution in [-0.2, 0) is 9.84 Å². The first-order valence-electron chi connectivity index (χ1n) is 11.9. The smallest absolute Gasteiger partial charge is 0.266 e. The Labute approximate surface area is 224 Å². The fraction of sp³-hybridized carbons (Fsp3) is 0.107. The number of aromatic nitrogens is 4. The van der Waals surface area contributed by atoms with Gasteiger partial charge in [-0.25, -0.2) is 18.4 Å². The highest BCUT2D eigenvalue weighted by atomic mass is 32.2. The summed E-state index contributed by atoms with van der Waals surface area (Å²) in [5.74, 6) is 0.594. The fourth-order valence-corrected chi connectivity index (χ4v) is 5.02. The summed E-state index contributed by atoms with van der Waals surface area (Å²) in [4.78, 5) is 27.3. The van der Waals surface area contributed by atoms with Gasteiger partial charge in [0.1, 0.15) is 23.3 Å². The van der Waals surface area contributed by atoms with Crippen LogP contribution >= 0.6 is 0 Å². The minimum atomic E-state index is -3.45. The molecule has 0 radical (unpaired) electrons. The van der Waals surface area contributed by atoms with E-state index in [-0.39, 0.29) is 27.8 Å². The van der Waals surface area contributed by atoms with Crippen molar-refractivity contribution in [3.8, 4) is 22.9 Å². The Morgan fingerprint density at radius 2 is 1.77 bits per heavy atom. The summed E-state index contributed by atoms with van der Waals surface area (Å²) in [7, 11) is -3.45. The van der Waals surface area contributed by atoms with Crippen molar-refractivity contribution in [2.75, 3.05) is 17.3 Å². The van der Waals surface area contributed by atoms with Gasteiger partial charge < -0.3 is 11.1 Å². The SMILES string of the molecule is C[C@@H](Nc1nc(N)ncc1C#N)c1nc2cccc(-c3cccc(S(C)(=O)=O)c3)c2c(=O)n1-c1ccccc1. The number of nitrogen functional groups attached to an aromatic ring is 1. The van der Waals surface area contributed by atoms with E-state index in [0.717, 1.165) is 6.26 Å². The highest BCUT2D eigenvalue weighted by molar-refractivity contribution is 7.90. The Morgan fingerprint density at radius 3 is 2.49 bits per heavy atom. The summed E-state index contributed by atoms with van der Waals surface area (Å²) in [5, 5.41) is 13.0. The van der Waals surface area contributed by atoms with Crippen molar-refractivity contribution in [1.29, 1.82) is 5.26 Å². The Morgan fingerprint density at radius 1 is 1.03 bits per heavy atom. The molecule has 3 N–H and O–H groups in total. The lowest BCUT2D eigenvalue weighted by atomic mass is 10.0. The molecular formula is C28H23N7O3S. The van der Waals surface area contributed by atoms with Crippen molar-refractivity contribution in [2.24, 2.45) is 0 Å². The average Bonchev–Trinajstić information content (AvgIpc) is 2.93. The summed E-state index contributed by atoms with van der Waals surface area (Å²) >= 11 is 0. The van der Waals surface area contributed by atoms with Crippen molar-refractivity contribution < 1.29 is 8.42 Å². The Bertz CT molecular complexity index is 1930. The van der Waals surface area contributed by atoms with Crippen LogP contribution in [0.1, 0.15) is 24.4 Å². The van der Waals surface area contributed by atoms with Crippen LogP contribution in [0.3, 0.4) is 0 Å². The molecule has 0 bridgehead atoms. The van der Waals surface area contributed by atoms with Gasteiger partial charge in [0.05, 0.1) is 33.7 Å². The molecule has 0 unspecified atom stereocenters. The summed E-state index contributed by atoms with van der Waals surface area (Å²) in [5.41, 5.74) is 7.76. The van der Waals surface area contributed by atoms with Crippen LogP contribution < -0.4 is 16.6 Å². The Balaban J connectivity index is 1.76. The second kappa shape index (κ2) is 10.00. The monoisotopic (exact) mass is 537 g/mol. The molecule has 0 aliphatic rings. The number of benzene rings is 3. The normalized spacial score (nSPS) is 12.1. The van der Waals surface area contributed by atoms with Gasteiger partial charge in [0, 0.05) is 6.26 Å². The molecule has 0 saturated heterocycles. The van der Waals surface area contributed by atoms with Gasteiger partial charge in [-0.05, 0) is 48.4 Å². The predicted octanol–water partition coefficient (Wildman–Crippen LogP) is 3.87. The number of hydrogen-bond donors (Lipinski definition) is 2. The molecule has 0 aliphatic carbocycles. The number of nitrogens with two attached hydrogens (primary N) is 1. The highest BCUT2D eigenvalue weighted by Gasteiger charge is 2.22. The largest absolute Gasteiger partial charge is 0.368 e. The van der Waals surface area contributed by atoms with Crippen LogP contribution in [0, 0.1) is 11.3 Å². The number of nitrogens with one attached hydrogen (secondary N) is 1. The molecule has 3 aromatic carbocycles. The molecule has 2 heterocycles. The number of nitrogens with zero attached hydrogens (tertiary/aromatic N) is 5. The van der Waals surface area contributed by atoms with E-state index >= 15 is 0 Å². The molecule has 2 aromatic heterocycles. The summed E-state index contributed by atoms with van der Waals surface area (Å²) in [6.45, 7) is 1.80. The molecule has 1 atom stereocenters. The van der Waals surface area contributed by atoms with E-state index in [1.807, 2.05) is 24.3 Å². The maximum atomic E-state index is 14.2. The van der Waals surface area contributed by atoms with Crippen LogP contribution in [0.25, 0.3) is 27.7 Å². The quantitative estimate of drug-likeness (QED) is 0.328. The van der Waals surface area contributed by atoms with Gasteiger partial charge in [0.15, 0.2) is 9.84 Å². The van der Waals surface area contributed by atoms with E-state index in [2.05, 4.69) is 15.3 Å². The lowest BCUT2D eigenvalue weighted by molar-refractivity contribution is 0.602. The van der Waals surface area contributed by atoms with Crippen molar-refractivity contribution in [2.45, 2.75) is 17.9 Å². The Hall–Kier alpha value is -5.08. The molecule has 11 heteroatoms. The zero-order valence-electron chi connectivity index (χ0n) is 21.0. The van der Waals surface area contributed by atoms with E-state index < -0.39 is 15.9 Å². The summed E-state index contributed by atoms with van der Waals surface area (Å²) in [6.07, 6.45) is 2.47. The molecule has 0 spiro atoms. The number of para-hydroxylation sites is 1. The number of nitriles is 1. The zero-order chi connectivity index (χ0) is 27.7. The standard InChI is InChI=1S/C28H23N7O3S/c1-17(32-25-19(15-29)16-31-28(30)34-25)26-33-23-13-7-12-22(18-8-6-11-21(14-18)39(2,37)38)24(23)27(36)35(26)20-9-4-3-5-10-20/h3-14,16-17H,1-2H3,(H3,30,31,32,34)/t17-/m1/s1. The van der Waals surface area contributed by atoms with Crippen LogP contribution in [0.5, 0.6) is 0 Å². The number of rotatable bonds is 6. The van der Waals surface area contributed by atoms with Crippen molar-refractivity contribution >= 4 is 32.5 Å². The maximum Gasteiger partial charge on any atom is 0.266 e. The molecule has 0 amide bonds. The van der Waals surface area contributed by atoms with E-state index in [4.69, 9.17) is 10.7 Å². The highest BCUT2D eigenvalue weighted by Crippen LogP contribution is 2.30. The van der Waals surface area contributed by atoms with E-state index in [1.165, 1.54) is 16.8 Å². The topological polar surface area (TPSA) is 157 Å². The van der Waals surface area contributed by atoms with Crippen molar-refractivity contribution in [3.05, 3.63) is 101 Å². The van der Waals surface area contributed by atoms with Gasteiger partial charge in [-0.2, -0.15) is 10.2 Å². The predicted molar refractivity (Wildman–Crippen MR) is 149 cm³/mol. The van der Waals surface area contributed by atoms with Gasteiger partial charge in [0.25, 0.3) is 5.56 Å². The van der Waals surface area contributed by atoms with Gasteiger partial charge in [0.2, 0.25) is 5.95 Å². The van der Waals surface area contributed by atoms with Crippen LogP contribution in [-0.4, -0.2) is 34.2 Å². The van der Waals surface area contributed by atoms with Gasteiger partial charge in [-0.15, -0.1) is 0 Å². The molecule has 0 fully saturated rings. The van der Waals surface area contributed by atoms with Gasteiger partial charge in [-0.3, -0.25) is 9.36 Å². The van der Waals surface area contributed by atoms with Crippen LogP contribution in [0.15, 0.2) is 88.7 Å². The first-order chi connectivity index (χ1) is 18.7. The molecule has 39 heavy (non-hydrogen) atoms.